The number of anilines is 1. The highest BCUT2D eigenvalue weighted by Gasteiger charge is 2.58. The van der Waals surface area contributed by atoms with E-state index < -0.39 is 17.9 Å². The summed E-state index contributed by atoms with van der Waals surface area (Å²) in [6, 6.07) is 6.16. The van der Waals surface area contributed by atoms with Gasteiger partial charge in [0.2, 0.25) is 11.8 Å². The molecule has 162 valence electrons. The zero-order chi connectivity index (χ0) is 21.8. The summed E-state index contributed by atoms with van der Waals surface area (Å²) in [6.45, 7) is 3.32. The fraction of sp³-hybridized carbons (Fsp3) is 0.545. The Morgan fingerprint density at radius 2 is 2.00 bits per heavy atom. The summed E-state index contributed by atoms with van der Waals surface area (Å²) in [5.41, 5.74) is 1.48. The number of aromatic nitrogens is 2. The van der Waals surface area contributed by atoms with E-state index in [-0.39, 0.29) is 29.8 Å². The lowest BCUT2D eigenvalue weighted by molar-refractivity contribution is -0.133. The number of hydrogen-bond acceptors (Lipinski definition) is 6. The van der Waals surface area contributed by atoms with Crippen LogP contribution >= 0.6 is 0 Å². The number of nitrogens with one attached hydrogen (secondary N) is 1. The van der Waals surface area contributed by atoms with Crippen molar-refractivity contribution in [2.45, 2.75) is 56.9 Å². The van der Waals surface area contributed by atoms with Gasteiger partial charge in [-0.15, -0.1) is 5.10 Å². The standard InChI is InChI=1S/C22H23F2N5O2/c1-13(19(30)29-8-6-21(4-5-21)7-9-29)26-20-28-27-18(31-20)14-2-3-16(15(10-14)12-25)17-11-22(17,23)24/h2-3,10,13,17H,4-9,11H2,1H3,(H,26,28). The first-order chi connectivity index (χ1) is 14.8. The van der Waals surface area contributed by atoms with E-state index >= 15 is 0 Å². The molecule has 0 bridgehead atoms. The minimum Gasteiger partial charge on any atom is -0.403 e. The number of nitrogens with zero attached hydrogens (tertiary/aromatic N) is 4. The van der Waals surface area contributed by atoms with Crippen LogP contribution in [0, 0.1) is 16.7 Å². The van der Waals surface area contributed by atoms with Crippen molar-refractivity contribution < 1.29 is 18.0 Å². The van der Waals surface area contributed by atoms with Crippen LogP contribution < -0.4 is 5.32 Å². The van der Waals surface area contributed by atoms with Gasteiger partial charge in [0.1, 0.15) is 6.04 Å². The topological polar surface area (TPSA) is 95.0 Å². The predicted molar refractivity (Wildman–Crippen MR) is 107 cm³/mol. The Balaban J connectivity index is 1.25. The Hall–Kier alpha value is -3.02. The molecule has 9 heteroatoms. The van der Waals surface area contributed by atoms with E-state index in [1.54, 1.807) is 13.0 Å². The molecular formula is C22H23F2N5O2. The molecule has 5 rings (SSSR count). The molecule has 2 atom stereocenters. The number of benzene rings is 1. The molecule has 1 spiro atoms. The fourth-order valence-electron chi connectivity index (χ4n) is 4.44. The third-order valence-electron chi connectivity index (χ3n) is 6.85. The van der Waals surface area contributed by atoms with Gasteiger partial charge >= 0.3 is 6.01 Å². The summed E-state index contributed by atoms with van der Waals surface area (Å²) in [5.74, 6) is -3.50. The highest BCUT2D eigenvalue weighted by atomic mass is 19.3. The molecule has 2 unspecified atom stereocenters. The van der Waals surface area contributed by atoms with Crippen LogP contribution in [0.25, 0.3) is 11.5 Å². The van der Waals surface area contributed by atoms with Gasteiger partial charge in [0, 0.05) is 25.1 Å². The molecule has 1 N–H and O–H groups in total. The minimum atomic E-state index is -2.75. The first kappa shape index (κ1) is 19.9. The summed E-state index contributed by atoms with van der Waals surface area (Å²) in [4.78, 5) is 14.6. The second kappa shape index (κ2) is 7.01. The normalized spacial score (nSPS) is 23.8. The van der Waals surface area contributed by atoms with Gasteiger partial charge in [-0.2, -0.15) is 5.26 Å². The summed E-state index contributed by atoms with van der Waals surface area (Å²) in [7, 11) is 0. The average molecular weight is 427 g/mol. The SMILES string of the molecule is CC(Nc1nnc(-c2ccc(C3CC3(F)F)c(C#N)c2)o1)C(=O)N1CCC2(CC1)CC2. The Morgan fingerprint density at radius 1 is 1.29 bits per heavy atom. The van der Waals surface area contributed by atoms with Gasteiger partial charge in [-0.1, -0.05) is 11.2 Å². The van der Waals surface area contributed by atoms with Crippen LogP contribution in [0.1, 0.15) is 56.1 Å². The molecule has 2 heterocycles. The maximum Gasteiger partial charge on any atom is 0.316 e. The maximum atomic E-state index is 13.4. The van der Waals surface area contributed by atoms with Gasteiger partial charge in [-0.25, -0.2) is 8.78 Å². The predicted octanol–water partition coefficient (Wildman–Crippen LogP) is 3.93. The summed E-state index contributed by atoms with van der Waals surface area (Å²) in [6.07, 6.45) is 4.47. The minimum absolute atomic E-state index is 0.00303. The quantitative estimate of drug-likeness (QED) is 0.777. The van der Waals surface area contributed by atoms with Crippen LogP contribution in [0.5, 0.6) is 0 Å². The van der Waals surface area contributed by atoms with E-state index in [4.69, 9.17) is 4.42 Å². The van der Waals surface area contributed by atoms with Crippen LogP contribution in [-0.2, 0) is 4.79 Å². The largest absolute Gasteiger partial charge is 0.403 e. The van der Waals surface area contributed by atoms with E-state index in [0.717, 1.165) is 25.9 Å². The highest BCUT2D eigenvalue weighted by molar-refractivity contribution is 5.83. The van der Waals surface area contributed by atoms with Crippen LogP contribution in [0.15, 0.2) is 22.6 Å². The number of halogens is 2. The van der Waals surface area contributed by atoms with E-state index in [2.05, 4.69) is 15.5 Å². The number of alkyl halides is 2. The molecule has 1 aromatic heterocycles. The van der Waals surface area contributed by atoms with Gasteiger partial charge in [0.05, 0.1) is 17.6 Å². The van der Waals surface area contributed by atoms with Crippen molar-refractivity contribution in [2.24, 2.45) is 5.41 Å². The number of amides is 1. The molecule has 2 aromatic rings. The summed E-state index contributed by atoms with van der Waals surface area (Å²) < 4.78 is 32.4. The molecule has 0 radical (unpaired) electrons. The molecule has 2 saturated carbocycles. The molecule has 3 aliphatic rings. The van der Waals surface area contributed by atoms with Crippen molar-refractivity contribution in [3.8, 4) is 17.5 Å². The first-order valence-electron chi connectivity index (χ1n) is 10.6. The van der Waals surface area contributed by atoms with E-state index in [1.165, 1.54) is 25.0 Å². The van der Waals surface area contributed by atoms with Crippen LogP contribution in [0.4, 0.5) is 14.8 Å². The summed E-state index contributed by atoms with van der Waals surface area (Å²) in [5, 5.41) is 20.2. The fourth-order valence-corrected chi connectivity index (χ4v) is 4.44. The molecule has 7 nitrogen and oxygen atoms in total. The number of nitriles is 1. The monoisotopic (exact) mass is 427 g/mol. The maximum absolute atomic E-state index is 13.4. The van der Waals surface area contributed by atoms with Gasteiger partial charge < -0.3 is 14.6 Å². The van der Waals surface area contributed by atoms with Crippen LogP contribution in [0.3, 0.4) is 0 Å². The lowest BCUT2D eigenvalue weighted by Gasteiger charge is -2.33. The van der Waals surface area contributed by atoms with E-state index in [9.17, 15) is 18.8 Å². The Kier molecular flexibility index (Phi) is 4.50. The number of carbonyl (C=O) groups excluding carboxylic acids is 1. The van der Waals surface area contributed by atoms with Crippen molar-refractivity contribution in [3.63, 3.8) is 0 Å². The third-order valence-corrected chi connectivity index (χ3v) is 6.85. The lowest BCUT2D eigenvalue weighted by atomic mass is 9.93. The zero-order valence-electron chi connectivity index (χ0n) is 17.2. The molecule has 31 heavy (non-hydrogen) atoms. The number of likely N-dealkylation sites (tertiary alicyclic amines) is 1. The molecule has 1 amide bonds. The number of hydrogen-bond donors (Lipinski definition) is 1. The molecule has 2 aliphatic carbocycles. The van der Waals surface area contributed by atoms with Crippen molar-refractivity contribution in [3.05, 3.63) is 29.3 Å². The summed E-state index contributed by atoms with van der Waals surface area (Å²) >= 11 is 0. The molecule has 1 aromatic carbocycles. The number of rotatable bonds is 5. The van der Waals surface area contributed by atoms with Crippen molar-refractivity contribution >= 4 is 11.9 Å². The second-order valence-corrected chi connectivity index (χ2v) is 9.04. The lowest BCUT2D eigenvalue weighted by Crippen LogP contribution is -2.45. The van der Waals surface area contributed by atoms with Crippen LogP contribution in [0.2, 0.25) is 0 Å². The Bertz CT molecular complexity index is 1060. The third kappa shape index (κ3) is 3.75. The molecule has 1 aliphatic heterocycles. The first-order valence-corrected chi connectivity index (χ1v) is 10.6. The van der Waals surface area contributed by atoms with Gasteiger partial charge in [0.25, 0.3) is 5.92 Å². The second-order valence-electron chi connectivity index (χ2n) is 9.04. The number of piperidine rings is 1. The molecule has 1 saturated heterocycles. The number of carbonyl (C=O) groups is 1. The van der Waals surface area contributed by atoms with E-state index in [0.29, 0.717) is 16.5 Å². The van der Waals surface area contributed by atoms with E-state index in [1.807, 2.05) is 11.0 Å². The smallest absolute Gasteiger partial charge is 0.316 e. The average Bonchev–Trinajstić information content (AvgIpc) is 3.60. The Morgan fingerprint density at radius 3 is 2.61 bits per heavy atom. The molecule has 3 fully saturated rings. The van der Waals surface area contributed by atoms with Gasteiger partial charge in [-0.05, 0) is 55.7 Å². The molecular weight excluding hydrogens is 404 g/mol. The highest BCUT2D eigenvalue weighted by Crippen LogP contribution is 2.56. The van der Waals surface area contributed by atoms with Crippen molar-refractivity contribution in [2.75, 3.05) is 18.4 Å². The van der Waals surface area contributed by atoms with Gasteiger partial charge in [-0.3, -0.25) is 4.79 Å². The van der Waals surface area contributed by atoms with Crippen LogP contribution in [-0.4, -0.2) is 46.1 Å². The zero-order valence-corrected chi connectivity index (χ0v) is 17.2. The van der Waals surface area contributed by atoms with Crippen molar-refractivity contribution in [1.29, 1.82) is 5.26 Å². The van der Waals surface area contributed by atoms with Crippen molar-refractivity contribution in [1.82, 2.24) is 15.1 Å². The van der Waals surface area contributed by atoms with Gasteiger partial charge in [0.15, 0.2) is 0 Å². The Labute approximate surface area is 178 Å².